The second kappa shape index (κ2) is 10.5. The fourth-order valence-corrected chi connectivity index (χ4v) is 5.06. The molecule has 0 amide bonds. The van der Waals surface area contributed by atoms with E-state index >= 15 is 0 Å². The summed E-state index contributed by atoms with van der Waals surface area (Å²) in [5.74, 6) is -1.07. The van der Waals surface area contributed by atoms with E-state index in [9.17, 15) is 20.1 Å². The zero-order chi connectivity index (χ0) is 23.5. The Morgan fingerprint density at radius 3 is 2.45 bits per heavy atom. The lowest BCUT2D eigenvalue weighted by Gasteiger charge is -2.34. The molecule has 2 atom stereocenters. The molecule has 0 saturated carbocycles. The average molecular weight is 494 g/mol. The molecule has 1 unspecified atom stereocenters. The average Bonchev–Trinajstić information content (AvgIpc) is 3.13. The molecule has 0 aliphatic carbocycles. The smallest absolute Gasteiger partial charge is 0.307 e. The van der Waals surface area contributed by atoms with E-state index in [4.69, 9.17) is 23.2 Å². The number of hydrogen-bond donors (Lipinski definition) is 4. The molecule has 178 valence electrons. The van der Waals surface area contributed by atoms with E-state index < -0.39 is 12.1 Å². The predicted octanol–water partition coefficient (Wildman–Crippen LogP) is 3.13. The van der Waals surface area contributed by atoms with Crippen LogP contribution in [0.25, 0.3) is 0 Å². The van der Waals surface area contributed by atoms with Crippen molar-refractivity contribution in [1.82, 2.24) is 10.2 Å². The summed E-state index contributed by atoms with van der Waals surface area (Å²) in [4.78, 5) is 15.6. The van der Waals surface area contributed by atoms with E-state index in [-0.39, 0.29) is 23.2 Å². The number of aliphatic hydroxyl groups is 1. The first-order chi connectivity index (χ1) is 15.8. The number of piperidine rings is 1. The van der Waals surface area contributed by atoms with Crippen molar-refractivity contribution in [3.05, 3.63) is 57.6 Å². The third-order valence-corrected chi connectivity index (χ3v) is 7.03. The van der Waals surface area contributed by atoms with Crippen molar-refractivity contribution in [2.24, 2.45) is 0 Å². The lowest BCUT2D eigenvalue weighted by molar-refractivity contribution is -0.136. The number of aliphatic hydroxyl groups excluding tert-OH is 1. The third kappa shape index (κ3) is 6.11. The monoisotopic (exact) mass is 493 g/mol. The molecule has 0 spiro atoms. The summed E-state index contributed by atoms with van der Waals surface area (Å²) < 4.78 is 0. The van der Waals surface area contributed by atoms with E-state index in [0.29, 0.717) is 30.4 Å². The Morgan fingerprint density at radius 1 is 1.09 bits per heavy atom. The molecule has 2 fully saturated rings. The van der Waals surface area contributed by atoms with Crippen LogP contribution < -0.4 is 10.2 Å². The molecule has 2 aromatic rings. The maximum absolute atomic E-state index is 11.3. The number of phenols is 1. The molecule has 2 heterocycles. The van der Waals surface area contributed by atoms with E-state index in [2.05, 4.69) is 22.3 Å². The summed E-state index contributed by atoms with van der Waals surface area (Å²) in [6.45, 7) is 3.73. The van der Waals surface area contributed by atoms with Crippen molar-refractivity contribution in [1.29, 1.82) is 0 Å². The second-order valence-electron chi connectivity index (χ2n) is 8.93. The lowest BCUT2D eigenvalue weighted by atomic mass is 10.0. The maximum Gasteiger partial charge on any atom is 0.307 e. The summed E-state index contributed by atoms with van der Waals surface area (Å²) in [5.41, 5.74) is 2.37. The quantitative estimate of drug-likeness (QED) is 0.470. The highest BCUT2D eigenvalue weighted by atomic mass is 35.5. The molecule has 33 heavy (non-hydrogen) atoms. The molecule has 4 rings (SSSR count). The zero-order valence-electron chi connectivity index (χ0n) is 18.3. The molecule has 2 aromatic carbocycles. The lowest BCUT2D eigenvalue weighted by Crippen LogP contribution is -2.49. The highest BCUT2D eigenvalue weighted by Gasteiger charge is 2.35. The number of benzene rings is 2. The third-order valence-electron chi connectivity index (χ3n) is 6.48. The minimum atomic E-state index is -0.974. The van der Waals surface area contributed by atoms with E-state index in [1.165, 1.54) is 17.7 Å². The number of carboxylic acids is 1. The van der Waals surface area contributed by atoms with Crippen molar-refractivity contribution >= 4 is 34.9 Å². The highest BCUT2D eigenvalue weighted by molar-refractivity contribution is 6.32. The summed E-state index contributed by atoms with van der Waals surface area (Å²) in [6.07, 6.45) is 1.19. The van der Waals surface area contributed by atoms with Crippen molar-refractivity contribution in [2.75, 3.05) is 31.1 Å². The first-order valence-electron chi connectivity index (χ1n) is 11.2. The molecule has 0 aromatic heterocycles. The van der Waals surface area contributed by atoms with Crippen LogP contribution in [-0.2, 0) is 17.8 Å². The molecule has 2 aliphatic rings. The number of nitrogens with zero attached hydrogens (tertiary/aromatic N) is 2. The minimum Gasteiger partial charge on any atom is -0.506 e. The Hall–Kier alpha value is -2.03. The minimum absolute atomic E-state index is 0.0974. The van der Waals surface area contributed by atoms with Crippen molar-refractivity contribution in [2.45, 2.75) is 44.0 Å². The van der Waals surface area contributed by atoms with E-state index in [0.717, 1.165) is 37.5 Å². The molecular formula is C24H29Cl2N3O4. The summed E-state index contributed by atoms with van der Waals surface area (Å²) >= 11 is 12.0. The maximum atomic E-state index is 11.3. The van der Waals surface area contributed by atoms with Gasteiger partial charge in [-0.3, -0.25) is 9.69 Å². The number of anilines is 1. The highest BCUT2D eigenvalue weighted by Crippen LogP contribution is 2.34. The Bertz CT molecular complexity index is 980. The van der Waals surface area contributed by atoms with Gasteiger partial charge in [-0.25, -0.2) is 0 Å². The number of aromatic hydroxyl groups is 1. The van der Waals surface area contributed by atoms with Crippen molar-refractivity contribution in [3.8, 4) is 5.75 Å². The number of phenolic OH excluding ortho intramolecular Hbond substituents is 1. The standard InChI is InChI=1S/C24H29Cl2N3O4/c25-17-3-1-15(2-4-17)12-28-7-5-18(6-8-28)27-20-13-29(14-23(20)31)21-11-22(30)19(26)9-16(21)10-24(32)33/h1-4,9,11,18,20,23,27,30-31H,5-8,10,12-14H2,(H,32,33)/t20?,23-/m1/s1. The van der Waals surface area contributed by atoms with Crippen LogP contribution in [0.15, 0.2) is 36.4 Å². The summed E-state index contributed by atoms with van der Waals surface area (Å²) in [5, 5.41) is 34.5. The fraction of sp³-hybridized carbons (Fsp3) is 0.458. The zero-order valence-corrected chi connectivity index (χ0v) is 19.8. The van der Waals surface area contributed by atoms with Gasteiger partial charge in [-0.05, 0) is 55.3 Å². The van der Waals surface area contributed by atoms with Gasteiger partial charge >= 0.3 is 5.97 Å². The number of rotatable bonds is 7. The molecule has 2 aliphatic heterocycles. The number of carbonyl (C=O) groups is 1. The summed E-state index contributed by atoms with van der Waals surface area (Å²) in [7, 11) is 0. The Morgan fingerprint density at radius 2 is 1.79 bits per heavy atom. The Labute approximate surface area is 203 Å². The SMILES string of the molecule is O=C(O)Cc1cc(Cl)c(O)cc1N1CC(NC2CCN(Cc3ccc(Cl)cc3)CC2)[C@H](O)C1. The van der Waals surface area contributed by atoms with Crippen LogP contribution >= 0.6 is 23.2 Å². The van der Waals surface area contributed by atoms with E-state index in [1.807, 2.05) is 17.0 Å². The van der Waals surface area contributed by atoms with Gasteiger partial charge in [0.15, 0.2) is 0 Å². The van der Waals surface area contributed by atoms with Gasteiger partial charge in [-0.1, -0.05) is 35.3 Å². The number of nitrogens with one attached hydrogen (secondary N) is 1. The molecule has 7 nitrogen and oxygen atoms in total. The topological polar surface area (TPSA) is 96.3 Å². The van der Waals surface area contributed by atoms with Gasteiger partial charge in [-0.15, -0.1) is 0 Å². The van der Waals surface area contributed by atoms with Gasteiger partial charge < -0.3 is 25.5 Å². The van der Waals surface area contributed by atoms with Crippen LogP contribution in [0.4, 0.5) is 5.69 Å². The Balaban J connectivity index is 1.33. The first-order valence-corrected chi connectivity index (χ1v) is 11.9. The van der Waals surface area contributed by atoms with Crippen LogP contribution in [-0.4, -0.2) is 70.6 Å². The van der Waals surface area contributed by atoms with Crippen LogP contribution in [0.2, 0.25) is 10.0 Å². The largest absolute Gasteiger partial charge is 0.506 e. The molecule has 0 radical (unpaired) electrons. The first kappa shape index (κ1) is 24.1. The predicted molar refractivity (Wildman–Crippen MR) is 129 cm³/mol. The number of likely N-dealkylation sites (tertiary alicyclic amines) is 1. The van der Waals surface area contributed by atoms with Crippen molar-refractivity contribution < 1.29 is 20.1 Å². The number of halogens is 2. The number of aliphatic carboxylic acids is 1. The second-order valence-corrected chi connectivity index (χ2v) is 9.77. The fourth-order valence-electron chi connectivity index (χ4n) is 4.75. The van der Waals surface area contributed by atoms with Gasteiger partial charge in [0.2, 0.25) is 0 Å². The van der Waals surface area contributed by atoms with Gasteiger partial charge in [0.05, 0.1) is 23.6 Å². The molecular weight excluding hydrogens is 465 g/mol. The molecule has 2 saturated heterocycles. The van der Waals surface area contributed by atoms with Crippen LogP contribution in [0.1, 0.15) is 24.0 Å². The molecule has 0 bridgehead atoms. The van der Waals surface area contributed by atoms with Crippen LogP contribution in [0.3, 0.4) is 0 Å². The van der Waals surface area contributed by atoms with Gasteiger partial charge in [0.1, 0.15) is 5.75 Å². The normalized spacial score (nSPS) is 22.1. The van der Waals surface area contributed by atoms with Gasteiger partial charge in [-0.2, -0.15) is 0 Å². The molecule has 4 N–H and O–H groups in total. The number of β-amino-alcohol motifs (C(OH)–C–C–N with tert-alkyl or cyclic N) is 1. The van der Waals surface area contributed by atoms with Crippen LogP contribution in [0, 0.1) is 0 Å². The van der Waals surface area contributed by atoms with Gasteiger partial charge in [0, 0.05) is 42.5 Å². The summed E-state index contributed by atoms with van der Waals surface area (Å²) in [6, 6.07) is 11.1. The van der Waals surface area contributed by atoms with E-state index in [1.54, 1.807) is 0 Å². The van der Waals surface area contributed by atoms with Gasteiger partial charge in [0.25, 0.3) is 0 Å². The van der Waals surface area contributed by atoms with Crippen LogP contribution in [0.5, 0.6) is 5.75 Å². The Kier molecular flexibility index (Phi) is 7.66. The number of hydrogen-bond acceptors (Lipinski definition) is 6. The van der Waals surface area contributed by atoms with Crippen molar-refractivity contribution in [3.63, 3.8) is 0 Å². The number of carboxylic acid groups (broad SMARTS) is 1. The molecule has 9 heteroatoms.